The summed E-state index contributed by atoms with van der Waals surface area (Å²) < 4.78 is 0. The van der Waals surface area contributed by atoms with Gasteiger partial charge in [-0.25, -0.2) is 0 Å². The first-order valence-electron chi connectivity index (χ1n) is 6.00. The average molecular weight is 237 g/mol. The second-order valence-corrected chi connectivity index (χ2v) is 5.42. The number of carbonyl (C=O) groups is 1. The normalized spacial score (nSPS) is 15.6. The second-order valence-electron chi connectivity index (χ2n) is 4.64. The summed E-state index contributed by atoms with van der Waals surface area (Å²) in [6.45, 7) is 3.81. The molecule has 0 aromatic carbocycles. The Balaban J connectivity index is 1.78. The van der Waals surface area contributed by atoms with Crippen LogP contribution in [0.1, 0.15) is 38.2 Å². The van der Waals surface area contributed by atoms with Crippen molar-refractivity contribution in [1.82, 2.24) is 4.90 Å². The Labute approximate surface area is 101 Å². The fourth-order valence-electron chi connectivity index (χ4n) is 1.98. The Morgan fingerprint density at radius 2 is 2.38 bits per heavy atom. The summed E-state index contributed by atoms with van der Waals surface area (Å²) in [5.74, 6) is 0.311. The van der Waals surface area contributed by atoms with Gasteiger partial charge in [-0.15, -0.1) is 0 Å². The van der Waals surface area contributed by atoms with Gasteiger partial charge in [0.2, 0.25) is 0 Å². The maximum absolute atomic E-state index is 10.9. The van der Waals surface area contributed by atoms with Crippen molar-refractivity contribution in [3.63, 3.8) is 0 Å². The molecule has 1 fully saturated rings. The van der Waals surface area contributed by atoms with E-state index in [9.17, 15) is 4.79 Å². The van der Waals surface area contributed by atoms with Crippen LogP contribution in [0.15, 0.2) is 16.8 Å². The summed E-state index contributed by atoms with van der Waals surface area (Å²) in [5, 5.41) is 4.36. The maximum atomic E-state index is 10.9. The molecule has 0 saturated heterocycles. The van der Waals surface area contributed by atoms with Gasteiger partial charge in [0, 0.05) is 19.0 Å². The van der Waals surface area contributed by atoms with E-state index in [0.29, 0.717) is 5.78 Å². The summed E-state index contributed by atoms with van der Waals surface area (Å²) in [6, 6.07) is 2.98. The van der Waals surface area contributed by atoms with Crippen molar-refractivity contribution in [2.75, 3.05) is 6.54 Å². The molecule has 0 radical (unpaired) electrons. The highest BCUT2D eigenvalue weighted by atomic mass is 32.1. The predicted molar refractivity (Wildman–Crippen MR) is 67.7 cm³/mol. The molecule has 0 bridgehead atoms. The van der Waals surface area contributed by atoms with Crippen molar-refractivity contribution in [2.45, 2.75) is 45.2 Å². The number of Topliss-reactive ketones (excluding diaryl/α,β-unsaturated/α-hetero) is 1. The number of nitrogens with zero attached hydrogens (tertiary/aromatic N) is 1. The Kier molecular flexibility index (Phi) is 4.13. The van der Waals surface area contributed by atoms with E-state index in [2.05, 4.69) is 21.7 Å². The molecule has 0 spiro atoms. The molecule has 0 atom stereocenters. The van der Waals surface area contributed by atoms with Crippen molar-refractivity contribution in [2.24, 2.45) is 0 Å². The molecule has 1 aliphatic rings. The molecule has 1 aromatic rings. The van der Waals surface area contributed by atoms with Crippen LogP contribution in [-0.2, 0) is 11.3 Å². The molecule has 0 unspecified atom stereocenters. The zero-order valence-electron chi connectivity index (χ0n) is 9.82. The van der Waals surface area contributed by atoms with E-state index in [1.807, 2.05) is 0 Å². The van der Waals surface area contributed by atoms with Crippen LogP contribution in [0.25, 0.3) is 0 Å². The van der Waals surface area contributed by atoms with Crippen LogP contribution >= 0.6 is 11.3 Å². The summed E-state index contributed by atoms with van der Waals surface area (Å²) >= 11 is 1.76. The molecule has 1 saturated carbocycles. The number of hydrogen-bond acceptors (Lipinski definition) is 3. The first-order valence-corrected chi connectivity index (χ1v) is 6.94. The first-order chi connectivity index (χ1) is 7.75. The average Bonchev–Trinajstić information content (AvgIpc) is 2.96. The fraction of sp³-hybridized carbons (Fsp3) is 0.615. The highest BCUT2D eigenvalue weighted by Crippen LogP contribution is 2.28. The van der Waals surface area contributed by atoms with Crippen LogP contribution < -0.4 is 0 Å². The lowest BCUT2D eigenvalue weighted by atomic mass is 10.2. The predicted octanol–water partition coefficient (Wildman–Crippen LogP) is 3.08. The molecule has 16 heavy (non-hydrogen) atoms. The van der Waals surface area contributed by atoms with E-state index in [0.717, 1.165) is 32.0 Å². The molecule has 0 N–H and O–H groups in total. The van der Waals surface area contributed by atoms with E-state index < -0.39 is 0 Å². The van der Waals surface area contributed by atoms with E-state index in [-0.39, 0.29) is 0 Å². The number of ketones is 1. The van der Waals surface area contributed by atoms with Crippen LogP contribution in [0.5, 0.6) is 0 Å². The van der Waals surface area contributed by atoms with E-state index in [1.54, 1.807) is 18.3 Å². The Hall–Kier alpha value is -0.670. The lowest BCUT2D eigenvalue weighted by Gasteiger charge is -2.21. The van der Waals surface area contributed by atoms with Gasteiger partial charge in [0.25, 0.3) is 0 Å². The largest absolute Gasteiger partial charge is 0.300 e. The molecular formula is C13H19NOS. The minimum Gasteiger partial charge on any atom is -0.300 e. The highest BCUT2D eigenvalue weighted by molar-refractivity contribution is 7.07. The lowest BCUT2D eigenvalue weighted by molar-refractivity contribution is -0.117. The molecule has 2 rings (SSSR count). The van der Waals surface area contributed by atoms with Gasteiger partial charge in [0.15, 0.2) is 0 Å². The molecular weight excluding hydrogens is 218 g/mol. The third-order valence-corrected chi connectivity index (χ3v) is 3.74. The van der Waals surface area contributed by atoms with Crippen molar-refractivity contribution < 1.29 is 4.79 Å². The van der Waals surface area contributed by atoms with E-state index >= 15 is 0 Å². The van der Waals surface area contributed by atoms with Crippen molar-refractivity contribution in [3.05, 3.63) is 22.4 Å². The zero-order valence-corrected chi connectivity index (χ0v) is 10.6. The Morgan fingerprint density at radius 3 is 2.94 bits per heavy atom. The van der Waals surface area contributed by atoms with Gasteiger partial charge >= 0.3 is 0 Å². The number of thiophene rings is 1. The van der Waals surface area contributed by atoms with Gasteiger partial charge in [0.1, 0.15) is 5.78 Å². The Morgan fingerprint density at radius 1 is 1.56 bits per heavy atom. The van der Waals surface area contributed by atoms with Crippen molar-refractivity contribution in [1.29, 1.82) is 0 Å². The maximum Gasteiger partial charge on any atom is 0.129 e. The van der Waals surface area contributed by atoms with Gasteiger partial charge < -0.3 is 4.79 Å². The minimum atomic E-state index is 0.311. The van der Waals surface area contributed by atoms with Gasteiger partial charge in [0.05, 0.1) is 0 Å². The third kappa shape index (κ3) is 3.72. The number of carbonyl (C=O) groups excluding carboxylic acids is 1. The first kappa shape index (κ1) is 11.8. The SMILES string of the molecule is CC(=O)CCCN(Cc1ccsc1)C1CC1. The summed E-state index contributed by atoms with van der Waals surface area (Å²) in [7, 11) is 0. The van der Waals surface area contributed by atoms with Crippen molar-refractivity contribution >= 4 is 17.1 Å². The molecule has 1 heterocycles. The monoisotopic (exact) mass is 237 g/mol. The van der Waals surface area contributed by atoms with Gasteiger partial charge in [-0.05, 0) is 55.1 Å². The molecule has 1 aromatic heterocycles. The molecule has 3 heteroatoms. The highest BCUT2D eigenvalue weighted by Gasteiger charge is 2.28. The van der Waals surface area contributed by atoms with Crippen LogP contribution in [0, 0.1) is 0 Å². The number of rotatable bonds is 7. The molecule has 88 valence electrons. The second kappa shape index (κ2) is 5.60. The summed E-state index contributed by atoms with van der Waals surface area (Å²) in [5.41, 5.74) is 1.42. The van der Waals surface area contributed by atoms with Crippen LogP contribution in [0.4, 0.5) is 0 Å². The zero-order chi connectivity index (χ0) is 11.4. The fourth-order valence-corrected chi connectivity index (χ4v) is 2.64. The topological polar surface area (TPSA) is 20.3 Å². The minimum absolute atomic E-state index is 0.311. The molecule has 0 aliphatic heterocycles. The smallest absolute Gasteiger partial charge is 0.129 e. The number of hydrogen-bond donors (Lipinski definition) is 0. The van der Waals surface area contributed by atoms with Crippen LogP contribution in [0.2, 0.25) is 0 Å². The van der Waals surface area contributed by atoms with Crippen molar-refractivity contribution in [3.8, 4) is 0 Å². The quantitative estimate of drug-likeness (QED) is 0.726. The Bertz CT molecular complexity index is 330. The third-order valence-electron chi connectivity index (χ3n) is 3.00. The van der Waals surface area contributed by atoms with Gasteiger partial charge in [-0.1, -0.05) is 0 Å². The van der Waals surface area contributed by atoms with Crippen LogP contribution in [0.3, 0.4) is 0 Å². The van der Waals surface area contributed by atoms with E-state index in [4.69, 9.17) is 0 Å². The standard InChI is InChI=1S/C13H19NOS/c1-11(15)3-2-7-14(13-4-5-13)9-12-6-8-16-10-12/h6,8,10,13H,2-5,7,9H2,1H3. The molecule has 2 nitrogen and oxygen atoms in total. The van der Waals surface area contributed by atoms with Gasteiger partial charge in [-0.3, -0.25) is 4.90 Å². The van der Waals surface area contributed by atoms with E-state index in [1.165, 1.54) is 18.4 Å². The van der Waals surface area contributed by atoms with Crippen LogP contribution in [-0.4, -0.2) is 23.3 Å². The summed E-state index contributed by atoms with van der Waals surface area (Å²) in [6.07, 6.45) is 4.41. The molecule has 1 aliphatic carbocycles. The lowest BCUT2D eigenvalue weighted by Crippen LogP contribution is -2.26. The van der Waals surface area contributed by atoms with Gasteiger partial charge in [-0.2, -0.15) is 11.3 Å². The summed E-state index contributed by atoms with van der Waals surface area (Å²) in [4.78, 5) is 13.4. The molecule has 0 amide bonds.